The summed E-state index contributed by atoms with van der Waals surface area (Å²) < 4.78 is 5.17. The third-order valence-electron chi connectivity index (χ3n) is 5.40. The van der Waals surface area contributed by atoms with Gasteiger partial charge in [0.25, 0.3) is 0 Å². The first-order chi connectivity index (χ1) is 13.6. The van der Waals surface area contributed by atoms with Gasteiger partial charge in [0.2, 0.25) is 11.8 Å². The molecule has 0 bridgehead atoms. The average molecular weight is 380 g/mol. The number of nitrogens with zero attached hydrogens (tertiary/aromatic N) is 1. The molecule has 0 aromatic heterocycles. The lowest BCUT2D eigenvalue weighted by Crippen LogP contribution is -2.48. The van der Waals surface area contributed by atoms with Crippen LogP contribution in [0.25, 0.3) is 0 Å². The molecule has 2 amide bonds. The molecule has 2 atom stereocenters. The number of ether oxygens (including phenoxy) is 1. The highest BCUT2D eigenvalue weighted by Crippen LogP contribution is 2.36. The van der Waals surface area contributed by atoms with E-state index in [4.69, 9.17) is 4.74 Å². The van der Waals surface area contributed by atoms with Crippen LogP contribution in [-0.4, -0.2) is 36.9 Å². The van der Waals surface area contributed by atoms with Gasteiger partial charge in [-0.05, 0) is 43.0 Å². The standard InChI is InChI=1S/C23H28N2O3/c1-3-25-21(26)14-13-20(22(25)18-7-5-4-6-8-18)23(27)24-16-15-17-9-11-19(28-2)12-10-17/h4-12,20,22H,3,13-16H2,1-2H3,(H,24,27)/t20-,22+/m1/s1. The van der Waals surface area contributed by atoms with Crippen molar-refractivity contribution in [2.75, 3.05) is 20.2 Å². The molecule has 3 rings (SSSR count). The van der Waals surface area contributed by atoms with Crippen molar-refractivity contribution in [3.8, 4) is 5.75 Å². The van der Waals surface area contributed by atoms with Gasteiger partial charge < -0.3 is 15.0 Å². The van der Waals surface area contributed by atoms with Crippen LogP contribution in [0.2, 0.25) is 0 Å². The molecule has 0 spiro atoms. The Bertz CT molecular complexity index is 789. The summed E-state index contributed by atoms with van der Waals surface area (Å²) in [5, 5.41) is 3.08. The number of amides is 2. The number of rotatable bonds is 7. The first-order valence-corrected chi connectivity index (χ1v) is 9.89. The zero-order valence-corrected chi connectivity index (χ0v) is 16.6. The van der Waals surface area contributed by atoms with Gasteiger partial charge in [0, 0.05) is 19.5 Å². The van der Waals surface area contributed by atoms with Crippen LogP contribution in [-0.2, 0) is 16.0 Å². The second-order valence-electron chi connectivity index (χ2n) is 7.07. The van der Waals surface area contributed by atoms with Crippen LogP contribution in [0.1, 0.15) is 36.9 Å². The van der Waals surface area contributed by atoms with E-state index in [1.165, 1.54) is 0 Å². The molecule has 0 aliphatic carbocycles. The van der Waals surface area contributed by atoms with E-state index in [-0.39, 0.29) is 23.8 Å². The van der Waals surface area contributed by atoms with Crippen LogP contribution < -0.4 is 10.1 Å². The van der Waals surface area contributed by atoms with Crippen molar-refractivity contribution in [2.45, 2.75) is 32.2 Å². The number of hydrogen-bond donors (Lipinski definition) is 1. The van der Waals surface area contributed by atoms with Gasteiger partial charge in [-0.3, -0.25) is 9.59 Å². The average Bonchev–Trinajstić information content (AvgIpc) is 2.74. The van der Waals surface area contributed by atoms with Gasteiger partial charge in [-0.1, -0.05) is 42.5 Å². The molecule has 2 aromatic carbocycles. The maximum absolute atomic E-state index is 13.0. The zero-order chi connectivity index (χ0) is 19.9. The summed E-state index contributed by atoms with van der Waals surface area (Å²) in [6.45, 7) is 3.15. The summed E-state index contributed by atoms with van der Waals surface area (Å²) >= 11 is 0. The number of piperidine rings is 1. The lowest BCUT2D eigenvalue weighted by molar-refractivity contribution is -0.143. The van der Waals surface area contributed by atoms with Crippen molar-refractivity contribution >= 4 is 11.8 Å². The molecule has 2 aromatic rings. The van der Waals surface area contributed by atoms with E-state index in [9.17, 15) is 9.59 Å². The van der Waals surface area contributed by atoms with Crippen LogP contribution in [0, 0.1) is 5.92 Å². The minimum absolute atomic E-state index is 0.0216. The maximum atomic E-state index is 13.0. The highest BCUT2D eigenvalue weighted by atomic mass is 16.5. The first-order valence-electron chi connectivity index (χ1n) is 9.89. The number of nitrogens with one attached hydrogen (secondary N) is 1. The Morgan fingerprint density at radius 2 is 1.86 bits per heavy atom. The van der Waals surface area contributed by atoms with Gasteiger partial charge in [-0.25, -0.2) is 0 Å². The summed E-state index contributed by atoms with van der Waals surface area (Å²) in [7, 11) is 1.65. The van der Waals surface area contributed by atoms with Crippen LogP contribution in [0.5, 0.6) is 5.75 Å². The van der Waals surface area contributed by atoms with Crippen molar-refractivity contribution in [1.29, 1.82) is 0 Å². The molecule has 1 aliphatic rings. The molecular weight excluding hydrogens is 352 g/mol. The molecule has 0 saturated carbocycles. The van der Waals surface area contributed by atoms with E-state index < -0.39 is 0 Å². The molecule has 1 N–H and O–H groups in total. The Morgan fingerprint density at radius 1 is 1.14 bits per heavy atom. The van der Waals surface area contributed by atoms with Crippen molar-refractivity contribution in [3.63, 3.8) is 0 Å². The number of carbonyl (C=O) groups excluding carboxylic acids is 2. The van der Waals surface area contributed by atoms with Crippen molar-refractivity contribution in [3.05, 3.63) is 65.7 Å². The maximum Gasteiger partial charge on any atom is 0.225 e. The minimum Gasteiger partial charge on any atom is -0.497 e. The molecule has 1 fully saturated rings. The van der Waals surface area contributed by atoms with Crippen LogP contribution in [0.4, 0.5) is 0 Å². The smallest absolute Gasteiger partial charge is 0.225 e. The third kappa shape index (κ3) is 4.53. The van der Waals surface area contributed by atoms with Gasteiger partial charge in [0.15, 0.2) is 0 Å². The Hall–Kier alpha value is -2.82. The minimum atomic E-state index is -0.226. The SMILES string of the molecule is CCN1C(=O)CC[C@@H](C(=O)NCCc2ccc(OC)cc2)[C@@H]1c1ccccc1. The van der Waals surface area contributed by atoms with E-state index in [0.717, 1.165) is 23.3 Å². The van der Waals surface area contributed by atoms with Gasteiger partial charge >= 0.3 is 0 Å². The van der Waals surface area contributed by atoms with Gasteiger partial charge in [0.05, 0.1) is 19.1 Å². The second kappa shape index (κ2) is 9.40. The highest BCUT2D eigenvalue weighted by molar-refractivity contribution is 5.85. The van der Waals surface area contributed by atoms with E-state index in [0.29, 0.717) is 25.9 Å². The van der Waals surface area contributed by atoms with E-state index in [1.54, 1.807) is 7.11 Å². The lowest BCUT2D eigenvalue weighted by atomic mass is 9.83. The largest absolute Gasteiger partial charge is 0.497 e. The molecule has 1 aliphatic heterocycles. The Morgan fingerprint density at radius 3 is 2.50 bits per heavy atom. The van der Waals surface area contributed by atoms with Crippen LogP contribution in [0.3, 0.4) is 0 Å². The fraction of sp³-hybridized carbons (Fsp3) is 0.391. The Labute approximate surface area is 166 Å². The highest BCUT2D eigenvalue weighted by Gasteiger charge is 2.39. The molecule has 5 heteroatoms. The first kappa shape index (κ1) is 19.9. The molecule has 0 radical (unpaired) electrons. The fourth-order valence-corrected chi connectivity index (χ4v) is 3.92. The lowest BCUT2D eigenvalue weighted by Gasteiger charge is -2.40. The summed E-state index contributed by atoms with van der Waals surface area (Å²) in [5.41, 5.74) is 2.17. The number of benzene rings is 2. The topological polar surface area (TPSA) is 58.6 Å². The fourth-order valence-electron chi connectivity index (χ4n) is 3.92. The van der Waals surface area contributed by atoms with Crippen LogP contribution >= 0.6 is 0 Å². The molecule has 1 saturated heterocycles. The van der Waals surface area contributed by atoms with Crippen molar-refractivity contribution in [1.82, 2.24) is 10.2 Å². The summed E-state index contributed by atoms with van der Waals surface area (Å²) in [6.07, 6.45) is 1.77. The molecule has 1 heterocycles. The number of methoxy groups -OCH3 is 1. The summed E-state index contributed by atoms with van der Waals surface area (Å²) in [6, 6.07) is 17.5. The zero-order valence-electron chi connectivity index (χ0n) is 16.6. The molecular formula is C23H28N2O3. The molecule has 148 valence electrons. The van der Waals surface area contributed by atoms with Gasteiger partial charge in [-0.2, -0.15) is 0 Å². The van der Waals surface area contributed by atoms with E-state index in [1.807, 2.05) is 66.4 Å². The van der Waals surface area contributed by atoms with Gasteiger partial charge in [0.1, 0.15) is 5.75 Å². The van der Waals surface area contributed by atoms with Crippen LogP contribution in [0.15, 0.2) is 54.6 Å². The number of likely N-dealkylation sites (tertiary alicyclic amines) is 1. The Balaban J connectivity index is 1.66. The van der Waals surface area contributed by atoms with Crippen molar-refractivity contribution < 1.29 is 14.3 Å². The predicted octanol–water partition coefficient (Wildman–Crippen LogP) is 3.35. The molecule has 0 unspecified atom stereocenters. The molecule has 28 heavy (non-hydrogen) atoms. The monoisotopic (exact) mass is 380 g/mol. The second-order valence-corrected chi connectivity index (χ2v) is 7.07. The number of hydrogen-bond acceptors (Lipinski definition) is 3. The third-order valence-corrected chi connectivity index (χ3v) is 5.40. The van der Waals surface area contributed by atoms with E-state index in [2.05, 4.69) is 5.32 Å². The molecule has 5 nitrogen and oxygen atoms in total. The number of carbonyl (C=O) groups is 2. The van der Waals surface area contributed by atoms with Gasteiger partial charge in [-0.15, -0.1) is 0 Å². The normalized spacial score (nSPS) is 19.4. The van der Waals surface area contributed by atoms with E-state index >= 15 is 0 Å². The Kier molecular flexibility index (Phi) is 6.69. The van der Waals surface area contributed by atoms with Crippen molar-refractivity contribution in [2.24, 2.45) is 5.92 Å². The predicted molar refractivity (Wildman–Crippen MR) is 109 cm³/mol. The quantitative estimate of drug-likeness (QED) is 0.801. The summed E-state index contributed by atoms with van der Waals surface area (Å²) in [5.74, 6) is 0.743. The summed E-state index contributed by atoms with van der Waals surface area (Å²) in [4.78, 5) is 27.2.